The largest absolute Gasteiger partial charge is 0.326 e. The van der Waals surface area contributed by atoms with Crippen molar-refractivity contribution in [2.24, 2.45) is 5.73 Å². The molecule has 0 aliphatic carbocycles. The number of hydrogen-bond donors (Lipinski definition) is 1. The maximum Gasteiger partial charge on any atom is 0.129 e. The quantitative estimate of drug-likeness (QED) is 0.726. The topological polar surface area (TPSA) is 26.0 Å². The molecular formula is C9H11F2N. The van der Waals surface area contributed by atoms with E-state index in [4.69, 9.17) is 5.73 Å². The number of alkyl halides is 1. The Labute approximate surface area is 70.2 Å². The van der Waals surface area contributed by atoms with Gasteiger partial charge in [0.25, 0.3) is 0 Å². The van der Waals surface area contributed by atoms with E-state index in [0.29, 0.717) is 5.56 Å². The maximum atomic E-state index is 13.0. The molecule has 66 valence electrons. The number of hydrogen-bond acceptors (Lipinski definition) is 1. The van der Waals surface area contributed by atoms with Crippen molar-refractivity contribution in [1.29, 1.82) is 0 Å². The number of nitrogens with two attached hydrogens (primary N) is 1. The van der Waals surface area contributed by atoms with Crippen LogP contribution in [0.25, 0.3) is 0 Å². The van der Waals surface area contributed by atoms with E-state index in [-0.39, 0.29) is 12.1 Å². The van der Waals surface area contributed by atoms with E-state index in [9.17, 15) is 8.78 Å². The van der Waals surface area contributed by atoms with E-state index in [2.05, 4.69) is 0 Å². The second-order valence-electron chi connectivity index (χ2n) is 2.63. The molecule has 0 spiro atoms. The minimum absolute atomic E-state index is 0.0833. The van der Waals surface area contributed by atoms with Gasteiger partial charge >= 0.3 is 0 Å². The first kappa shape index (κ1) is 9.13. The smallest absolute Gasteiger partial charge is 0.129 e. The summed E-state index contributed by atoms with van der Waals surface area (Å²) in [6.07, 6.45) is -1.30. The van der Waals surface area contributed by atoms with Crippen LogP contribution in [0, 0.1) is 5.82 Å². The Morgan fingerprint density at radius 2 is 2.17 bits per heavy atom. The highest BCUT2D eigenvalue weighted by atomic mass is 19.1. The van der Waals surface area contributed by atoms with Crippen molar-refractivity contribution in [3.05, 3.63) is 35.1 Å². The molecule has 0 fully saturated rings. The Morgan fingerprint density at radius 1 is 1.50 bits per heavy atom. The van der Waals surface area contributed by atoms with Crippen molar-refractivity contribution in [2.75, 3.05) is 0 Å². The van der Waals surface area contributed by atoms with Crippen LogP contribution in [-0.4, -0.2) is 0 Å². The summed E-state index contributed by atoms with van der Waals surface area (Å²) in [7, 11) is 0. The van der Waals surface area contributed by atoms with Gasteiger partial charge in [0, 0.05) is 12.1 Å². The lowest BCUT2D eigenvalue weighted by molar-refractivity contribution is 0.359. The molecule has 3 heteroatoms. The van der Waals surface area contributed by atoms with E-state index < -0.39 is 12.0 Å². The third-order valence-corrected chi connectivity index (χ3v) is 1.76. The van der Waals surface area contributed by atoms with Gasteiger partial charge in [-0.1, -0.05) is 12.1 Å². The Balaban J connectivity index is 3.20. The fourth-order valence-corrected chi connectivity index (χ4v) is 1.21. The summed E-state index contributed by atoms with van der Waals surface area (Å²) in [5, 5.41) is 0. The summed E-state index contributed by atoms with van der Waals surface area (Å²) < 4.78 is 25.8. The summed E-state index contributed by atoms with van der Waals surface area (Å²) >= 11 is 0. The summed E-state index contributed by atoms with van der Waals surface area (Å²) in [6.45, 7) is 1.47. The second-order valence-corrected chi connectivity index (χ2v) is 2.63. The fraction of sp³-hybridized carbons (Fsp3) is 0.333. The molecule has 0 aliphatic heterocycles. The fourth-order valence-electron chi connectivity index (χ4n) is 1.21. The molecule has 1 nitrogen and oxygen atoms in total. The predicted molar refractivity (Wildman–Crippen MR) is 43.8 cm³/mol. The molecule has 0 saturated carbocycles. The first-order valence-electron chi connectivity index (χ1n) is 3.78. The van der Waals surface area contributed by atoms with Crippen LogP contribution in [0.5, 0.6) is 0 Å². The van der Waals surface area contributed by atoms with Crippen molar-refractivity contribution in [2.45, 2.75) is 19.6 Å². The Hall–Kier alpha value is -0.960. The van der Waals surface area contributed by atoms with Crippen LogP contribution < -0.4 is 5.73 Å². The average Bonchev–Trinajstić information content (AvgIpc) is 2.03. The summed E-state index contributed by atoms with van der Waals surface area (Å²) in [5.74, 6) is -0.520. The Morgan fingerprint density at radius 3 is 2.58 bits per heavy atom. The van der Waals surface area contributed by atoms with Crippen LogP contribution >= 0.6 is 0 Å². The molecule has 1 rings (SSSR count). The number of benzene rings is 1. The van der Waals surface area contributed by atoms with Gasteiger partial charge in [0.15, 0.2) is 0 Å². The second kappa shape index (κ2) is 3.63. The summed E-state index contributed by atoms with van der Waals surface area (Å²) in [6, 6.07) is 4.41. The van der Waals surface area contributed by atoms with E-state index >= 15 is 0 Å². The van der Waals surface area contributed by atoms with Crippen molar-refractivity contribution >= 4 is 0 Å². The molecule has 0 heterocycles. The van der Waals surface area contributed by atoms with Crippen LogP contribution in [0.3, 0.4) is 0 Å². The lowest BCUT2D eigenvalue weighted by Crippen LogP contribution is -2.04. The van der Waals surface area contributed by atoms with Crippen molar-refractivity contribution in [1.82, 2.24) is 0 Å². The van der Waals surface area contributed by atoms with E-state index in [1.165, 1.54) is 19.1 Å². The van der Waals surface area contributed by atoms with Crippen molar-refractivity contribution < 1.29 is 8.78 Å². The molecule has 1 atom stereocenters. The van der Waals surface area contributed by atoms with Gasteiger partial charge in [0.2, 0.25) is 0 Å². The zero-order chi connectivity index (χ0) is 9.14. The number of rotatable bonds is 2. The van der Waals surface area contributed by atoms with Crippen LogP contribution in [-0.2, 0) is 6.54 Å². The van der Waals surface area contributed by atoms with E-state index in [0.717, 1.165) is 0 Å². The SMILES string of the molecule is CC(F)c1c(F)cccc1CN. The standard InChI is InChI=1S/C9H11F2N/c1-6(10)9-7(5-12)3-2-4-8(9)11/h2-4,6H,5,12H2,1H3. The predicted octanol–water partition coefficient (Wildman–Crippen LogP) is 2.31. The summed E-state index contributed by atoms with van der Waals surface area (Å²) in [4.78, 5) is 0. The first-order chi connectivity index (χ1) is 5.66. The highest BCUT2D eigenvalue weighted by Crippen LogP contribution is 2.23. The van der Waals surface area contributed by atoms with Gasteiger partial charge in [-0.25, -0.2) is 8.78 Å². The van der Waals surface area contributed by atoms with E-state index in [1.807, 2.05) is 0 Å². The van der Waals surface area contributed by atoms with Gasteiger partial charge in [0.05, 0.1) is 0 Å². The lowest BCUT2D eigenvalue weighted by Gasteiger charge is -2.09. The van der Waals surface area contributed by atoms with Crippen LogP contribution in [0.4, 0.5) is 8.78 Å². The Bertz CT molecular complexity index is 271. The average molecular weight is 171 g/mol. The molecule has 0 amide bonds. The highest BCUT2D eigenvalue weighted by molar-refractivity contribution is 5.30. The minimum Gasteiger partial charge on any atom is -0.326 e. The first-order valence-corrected chi connectivity index (χ1v) is 3.78. The van der Waals surface area contributed by atoms with Crippen LogP contribution in [0.1, 0.15) is 24.2 Å². The third-order valence-electron chi connectivity index (χ3n) is 1.76. The summed E-state index contributed by atoms with van der Waals surface area (Å²) in [5.41, 5.74) is 5.94. The zero-order valence-corrected chi connectivity index (χ0v) is 6.85. The van der Waals surface area contributed by atoms with Gasteiger partial charge in [-0.15, -0.1) is 0 Å². The zero-order valence-electron chi connectivity index (χ0n) is 6.85. The lowest BCUT2D eigenvalue weighted by atomic mass is 10.0. The van der Waals surface area contributed by atoms with Crippen LogP contribution in [0.2, 0.25) is 0 Å². The normalized spacial score (nSPS) is 13.0. The molecule has 1 unspecified atom stereocenters. The van der Waals surface area contributed by atoms with E-state index in [1.54, 1.807) is 6.07 Å². The Kier molecular flexibility index (Phi) is 2.76. The molecule has 0 radical (unpaired) electrons. The molecular weight excluding hydrogens is 160 g/mol. The third kappa shape index (κ3) is 1.61. The molecule has 0 aromatic heterocycles. The minimum atomic E-state index is -1.30. The molecule has 0 aliphatic rings. The molecule has 1 aromatic rings. The molecule has 2 N–H and O–H groups in total. The highest BCUT2D eigenvalue weighted by Gasteiger charge is 2.12. The van der Waals surface area contributed by atoms with Gasteiger partial charge in [-0.05, 0) is 18.6 Å². The molecule has 12 heavy (non-hydrogen) atoms. The monoisotopic (exact) mass is 171 g/mol. The molecule has 0 bridgehead atoms. The van der Waals surface area contributed by atoms with Crippen molar-refractivity contribution in [3.8, 4) is 0 Å². The van der Waals surface area contributed by atoms with Gasteiger partial charge in [-0.3, -0.25) is 0 Å². The molecule has 0 saturated heterocycles. The maximum absolute atomic E-state index is 13.0. The van der Waals surface area contributed by atoms with Gasteiger partial charge in [0.1, 0.15) is 12.0 Å². The van der Waals surface area contributed by atoms with Crippen LogP contribution in [0.15, 0.2) is 18.2 Å². The van der Waals surface area contributed by atoms with Gasteiger partial charge < -0.3 is 5.73 Å². The molecule has 1 aromatic carbocycles. The number of halogens is 2. The van der Waals surface area contributed by atoms with Gasteiger partial charge in [-0.2, -0.15) is 0 Å². The van der Waals surface area contributed by atoms with Crippen molar-refractivity contribution in [3.63, 3.8) is 0 Å².